The van der Waals surface area contributed by atoms with Gasteiger partial charge in [-0.25, -0.2) is 8.42 Å². The molecule has 0 atom stereocenters. The summed E-state index contributed by atoms with van der Waals surface area (Å²) < 4.78 is 23.7. The second-order valence-corrected chi connectivity index (χ2v) is 6.75. The monoisotopic (exact) mass is 259 g/mol. The summed E-state index contributed by atoms with van der Waals surface area (Å²) in [4.78, 5) is 0. The van der Waals surface area contributed by atoms with Crippen molar-refractivity contribution in [3.8, 4) is 0 Å². The minimum Gasteiger partial charge on any atom is -0.316 e. The van der Waals surface area contributed by atoms with Crippen LogP contribution in [0.1, 0.15) is 5.56 Å². The summed E-state index contributed by atoms with van der Waals surface area (Å²) in [5, 5.41) is 3.70. The average Bonchev–Trinajstić information content (AvgIpc) is 2.16. The molecule has 0 unspecified atom stereocenters. The first-order chi connectivity index (χ1) is 7.55. The van der Waals surface area contributed by atoms with Crippen LogP contribution in [0.3, 0.4) is 0 Å². The van der Waals surface area contributed by atoms with Crippen molar-refractivity contribution in [1.29, 1.82) is 0 Å². The van der Waals surface area contributed by atoms with Crippen LogP contribution in [-0.4, -0.2) is 27.3 Å². The van der Waals surface area contributed by atoms with E-state index in [2.05, 4.69) is 5.32 Å². The Hall–Kier alpha value is -0.580. The van der Waals surface area contributed by atoms with Gasteiger partial charge < -0.3 is 5.32 Å². The van der Waals surface area contributed by atoms with Crippen LogP contribution in [0.2, 0.25) is 5.02 Å². The van der Waals surface area contributed by atoms with E-state index in [4.69, 9.17) is 11.6 Å². The molecule has 5 heteroatoms. The van der Waals surface area contributed by atoms with Crippen LogP contribution in [0.25, 0.3) is 0 Å². The van der Waals surface area contributed by atoms with Crippen molar-refractivity contribution < 1.29 is 8.42 Å². The maximum atomic E-state index is 11.8. The molecule has 1 aliphatic heterocycles. The molecular weight excluding hydrogens is 246 g/mol. The maximum Gasteiger partial charge on any atom is 0.154 e. The fourth-order valence-electron chi connectivity index (χ4n) is 1.72. The molecule has 3 nitrogen and oxygen atoms in total. The molecule has 1 aliphatic rings. The Morgan fingerprint density at radius 2 is 1.88 bits per heavy atom. The fourth-order valence-corrected chi connectivity index (χ4v) is 3.62. The third-order valence-corrected chi connectivity index (χ3v) is 4.66. The molecular formula is C11H14ClNO2S. The van der Waals surface area contributed by atoms with E-state index in [1.54, 1.807) is 24.3 Å². The van der Waals surface area contributed by atoms with Gasteiger partial charge in [-0.2, -0.15) is 0 Å². The van der Waals surface area contributed by atoms with E-state index in [0.29, 0.717) is 5.02 Å². The molecule has 1 aromatic carbocycles. The van der Waals surface area contributed by atoms with Crippen LogP contribution in [-0.2, 0) is 15.6 Å². The minimum absolute atomic E-state index is 0.112. The van der Waals surface area contributed by atoms with Gasteiger partial charge in [0.2, 0.25) is 0 Å². The topological polar surface area (TPSA) is 46.2 Å². The zero-order valence-corrected chi connectivity index (χ0v) is 10.4. The maximum absolute atomic E-state index is 11.8. The van der Waals surface area contributed by atoms with E-state index < -0.39 is 9.84 Å². The van der Waals surface area contributed by atoms with Gasteiger partial charge in [0.05, 0.1) is 11.5 Å². The van der Waals surface area contributed by atoms with E-state index in [-0.39, 0.29) is 17.4 Å². The van der Waals surface area contributed by atoms with E-state index in [1.165, 1.54) is 0 Å². The van der Waals surface area contributed by atoms with Gasteiger partial charge >= 0.3 is 0 Å². The summed E-state index contributed by atoms with van der Waals surface area (Å²) in [6.07, 6.45) is 0. The van der Waals surface area contributed by atoms with Gasteiger partial charge in [0.15, 0.2) is 9.84 Å². The zero-order chi connectivity index (χ0) is 11.6. The van der Waals surface area contributed by atoms with Crippen LogP contribution in [0.15, 0.2) is 24.3 Å². The first-order valence-corrected chi connectivity index (χ1v) is 7.41. The Bertz CT molecular complexity index is 451. The summed E-state index contributed by atoms with van der Waals surface area (Å²) in [6, 6.07) is 6.96. The van der Waals surface area contributed by atoms with Gasteiger partial charge in [0.1, 0.15) is 0 Å². The van der Waals surface area contributed by atoms with Gasteiger partial charge in [-0.15, -0.1) is 0 Å². The second kappa shape index (κ2) is 4.73. The lowest BCUT2D eigenvalue weighted by Gasteiger charge is -2.26. The van der Waals surface area contributed by atoms with Crippen LogP contribution in [0.4, 0.5) is 0 Å². The van der Waals surface area contributed by atoms with Crippen molar-refractivity contribution in [2.75, 3.05) is 18.8 Å². The third kappa shape index (κ3) is 3.20. The van der Waals surface area contributed by atoms with Crippen molar-refractivity contribution in [3.05, 3.63) is 34.9 Å². The SMILES string of the molecule is O=S(=O)(Cc1ccc(Cl)cc1)CC1CNC1. The first-order valence-electron chi connectivity index (χ1n) is 5.21. The van der Waals surface area contributed by atoms with E-state index in [1.807, 2.05) is 0 Å². The highest BCUT2D eigenvalue weighted by molar-refractivity contribution is 7.90. The number of hydrogen-bond donors (Lipinski definition) is 1. The largest absolute Gasteiger partial charge is 0.316 e. The number of sulfone groups is 1. The van der Waals surface area contributed by atoms with Gasteiger partial charge in [-0.05, 0) is 23.6 Å². The number of hydrogen-bond acceptors (Lipinski definition) is 3. The number of halogens is 1. The van der Waals surface area contributed by atoms with Crippen molar-refractivity contribution in [3.63, 3.8) is 0 Å². The van der Waals surface area contributed by atoms with Crippen LogP contribution in [0, 0.1) is 5.92 Å². The Labute approximate surface area is 101 Å². The lowest BCUT2D eigenvalue weighted by Crippen LogP contribution is -2.45. The Morgan fingerprint density at radius 3 is 2.38 bits per heavy atom. The molecule has 88 valence electrons. The van der Waals surface area contributed by atoms with E-state index in [0.717, 1.165) is 18.7 Å². The summed E-state index contributed by atoms with van der Waals surface area (Å²) in [7, 11) is -2.99. The van der Waals surface area contributed by atoms with Crippen LogP contribution < -0.4 is 5.32 Å². The number of rotatable bonds is 4. The van der Waals surface area contributed by atoms with Gasteiger partial charge in [-0.3, -0.25) is 0 Å². The molecule has 0 aromatic heterocycles. The standard InChI is InChI=1S/C11H14ClNO2S/c12-11-3-1-9(2-4-11)7-16(14,15)8-10-5-13-6-10/h1-4,10,13H,5-8H2. The van der Waals surface area contributed by atoms with Crippen molar-refractivity contribution >= 4 is 21.4 Å². The second-order valence-electron chi connectivity index (χ2n) is 4.21. The van der Waals surface area contributed by atoms with Crippen molar-refractivity contribution in [2.45, 2.75) is 5.75 Å². The zero-order valence-electron chi connectivity index (χ0n) is 8.82. The molecule has 2 rings (SSSR count). The third-order valence-electron chi connectivity index (χ3n) is 2.66. The number of benzene rings is 1. The smallest absolute Gasteiger partial charge is 0.154 e. The van der Waals surface area contributed by atoms with Gasteiger partial charge in [0.25, 0.3) is 0 Å². The van der Waals surface area contributed by atoms with Crippen LogP contribution >= 0.6 is 11.6 Å². The molecule has 1 fully saturated rings. The molecule has 1 saturated heterocycles. The highest BCUT2D eigenvalue weighted by Gasteiger charge is 2.24. The molecule has 1 heterocycles. The Morgan fingerprint density at radius 1 is 1.25 bits per heavy atom. The summed E-state index contributed by atoms with van der Waals surface area (Å²) in [5.74, 6) is 0.681. The van der Waals surface area contributed by atoms with E-state index >= 15 is 0 Å². The molecule has 0 radical (unpaired) electrons. The molecule has 0 saturated carbocycles. The van der Waals surface area contributed by atoms with E-state index in [9.17, 15) is 8.42 Å². The molecule has 0 bridgehead atoms. The predicted molar refractivity (Wildman–Crippen MR) is 65.3 cm³/mol. The lowest BCUT2D eigenvalue weighted by molar-refractivity contribution is 0.378. The molecule has 0 aliphatic carbocycles. The summed E-state index contributed by atoms with van der Waals surface area (Å²) in [5.41, 5.74) is 0.802. The highest BCUT2D eigenvalue weighted by atomic mass is 35.5. The average molecular weight is 260 g/mol. The lowest BCUT2D eigenvalue weighted by atomic mass is 10.1. The molecule has 1 aromatic rings. The molecule has 16 heavy (non-hydrogen) atoms. The Balaban J connectivity index is 1.99. The number of nitrogens with one attached hydrogen (secondary N) is 1. The molecule has 1 N–H and O–H groups in total. The first kappa shape index (κ1) is 11.9. The Kier molecular flexibility index (Phi) is 3.52. The highest BCUT2D eigenvalue weighted by Crippen LogP contribution is 2.15. The van der Waals surface area contributed by atoms with Crippen molar-refractivity contribution in [1.82, 2.24) is 5.32 Å². The predicted octanol–water partition coefficient (Wildman–Crippen LogP) is 1.47. The summed E-state index contributed by atoms with van der Waals surface area (Å²) in [6.45, 7) is 1.64. The normalized spacial score (nSPS) is 17.1. The summed E-state index contributed by atoms with van der Waals surface area (Å²) >= 11 is 5.74. The van der Waals surface area contributed by atoms with Crippen molar-refractivity contribution in [2.24, 2.45) is 5.92 Å². The van der Waals surface area contributed by atoms with Gasteiger partial charge in [0, 0.05) is 18.1 Å². The minimum atomic E-state index is -2.99. The van der Waals surface area contributed by atoms with Crippen LogP contribution in [0.5, 0.6) is 0 Å². The van der Waals surface area contributed by atoms with Gasteiger partial charge in [-0.1, -0.05) is 23.7 Å². The fraction of sp³-hybridized carbons (Fsp3) is 0.455. The molecule has 0 spiro atoms. The molecule has 0 amide bonds. The quantitative estimate of drug-likeness (QED) is 0.891.